The first-order valence-electron chi connectivity index (χ1n) is 15.1. The summed E-state index contributed by atoms with van der Waals surface area (Å²) in [6, 6.07) is 13.8. The molecule has 0 bridgehead atoms. The Hall–Kier alpha value is -5.12. The molecule has 0 fully saturated rings. The van der Waals surface area contributed by atoms with E-state index in [0.717, 1.165) is 24.6 Å². The number of aryl methyl sites for hydroxylation is 1. The van der Waals surface area contributed by atoms with Crippen LogP contribution in [0, 0.1) is 6.92 Å². The highest BCUT2D eigenvalue weighted by Gasteiger charge is 2.31. The van der Waals surface area contributed by atoms with Crippen molar-refractivity contribution in [2.75, 3.05) is 19.8 Å². The minimum Gasteiger partial charge on any atom is -0.490 e. The van der Waals surface area contributed by atoms with Crippen LogP contribution in [0.25, 0.3) is 10.4 Å². The molecule has 1 N–H and O–H groups in total. The summed E-state index contributed by atoms with van der Waals surface area (Å²) in [6.45, 7) is 3.70. The fourth-order valence-electron chi connectivity index (χ4n) is 4.48. The Bertz CT molecular complexity index is 1760. The second-order valence-electron chi connectivity index (χ2n) is 10.9. The van der Waals surface area contributed by atoms with Crippen LogP contribution in [-0.2, 0) is 50.8 Å². The van der Waals surface area contributed by atoms with Gasteiger partial charge in [-0.05, 0) is 66.9 Å². The van der Waals surface area contributed by atoms with Crippen LogP contribution in [0.2, 0.25) is 0 Å². The Kier molecular flexibility index (Phi) is 14.2. The van der Waals surface area contributed by atoms with E-state index in [2.05, 4.69) is 15.3 Å². The smallest absolute Gasteiger partial charge is 0.416 e. The molecule has 0 aliphatic carbocycles. The molecule has 50 heavy (non-hydrogen) atoms. The maximum absolute atomic E-state index is 13.0. The molecule has 13 nitrogen and oxygen atoms in total. The topological polar surface area (TPSA) is 183 Å². The molecule has 0 aliphatic rings. The monoisotopic (exact) mass is 720 g/mol. The van der Waals surface area contributed by atoms with Gasteiger partial charge in [-0.2, -0.15) is 21.6 Å². The van der Waals surface area contributed by atoms with Crippen LogP contribution in [0.4, 0.5) is 13.2 Å². The summed E-state index contributed by atoms with van der Waals surface area (Å²) in [5.74, 6) is -1.93. The van der Waals surface area contributed by atoms with Gasteiger partial charge in [0, 0.05) is 24.7 Å². The minimum atomic E-state index is -4.54. The molecule has 0 heterocycles. The number of rotatable bonds is 17. The summed E-state index contributed by atoms with van der Waals surface area (Å²) in [7, 11) is -4.14. The molecule has 0 spiro atoms. The molecule has 1 unspecified atom stereocenters. The van der Waals surface area contributed by atoms with E-state index in [1.165, 1.54) is 48.5 Å². The van der Waals surface area contributed by atoms with Gasteiger partial charge in [-0.25, -0.2) is 4.79 Å². The normalized spacial score (nSPS) is 13.2. The van der Waals surface area contributed by atoms with Crippen LogP contribution in [0.1, 0.15) is 48.6 Å². The molecular formula is C33H35F3N4O9S. The van der Waals surface area contributed by atoms with Crippen molar-refractivity contribution in [3.8, 4) is 5.75 Å². The molecule has 3 atom stereocenters. The largest absolute Gasteiger partial charge is 0.490 e. The molecule has 0 saturated carbocycles. The lowest BCUT2D eigenvalue weighted by Gasteiger charge is -2.20. The van der Waals surface area contributed by atoms with Gasteiger partial charge in [-0.1, -0.05) is 47.1 Å². The maximum Gasteiger partial charge on any atom is 0.416 e. The summed E-state index contributed by atoms with van der Waals surface area (Å²) in [6.07, 6.45) is -6.18. The lowest BCUT2D eigenvalue weighted by molar-refractivity contribution is -0.149. The van der Waals surface area contributed by atoms with Crippen LogP contribution in [0.3, 0.4) is 0 Å². The van der Waals surface area contributed by atoms with E-state index in [9.17, 15) is 36.0 Å². The third kappa shape index (κ3) is 12.4. The second kappa shape index (κ2) is 18.0. The van der Waals surface area contributed by atoms with Gasteiger partial charge in [0.1, 0.15) is 25.0 Å². The average Bonchev–Trinajstić information content (AvgIpc) is 3.06. The molecule has 3 aromatic rings. The van der Waals surface area contributed by atoms with Crippen LogP contribution < -0.4 is 10.1 Å². The van der Waals surface area contributed by atoms with Crippen molar-refractivity contribution in [3.05, 3.63) is 105 Å². The molecule has 17 heteroatoms. The number of benzene rings is 3. The maximum atomic E-state index is 13.0. The molecule has 0 radical (unpaired) electrons. The number of carbonyl (C=O) groups is 3. The first kappa shape index (κ1) is 39.3. The van der Waals surface area contributed by atoms with Gasteiger partial charge >= 0.3 is 18.1 Å². The number of carbonyl (C=O) groups excluding carboxylic acids is 3. The van der Waals surface area contributed by atoms with Gasteiger partial charge < -0.3 is 19.5 Å². The van der Waals surface area contributed by atoms with Crippen molar-refractivity contribution >= 4 is 28.0 Å². The molecule has 0 saturated heterocycles. The predicted octanol–water partition coefficient (Wildman–Crippen LogP) is 5.76. The van der Waals surface area contributed by atoms with Crippen molar-refractivity contribution in [3.63, 3.8) is 0 Å². The third-order valence-corrected chi connectivity index (χ3v) is 8.25. The van der Waals surface area contributed by atoms with Crippen molar-refractivity contribution in [2.45, 2.75) is 62.9 Å². The van der Waals surface area contributed by atoms with E-state index in [1.54, 1.807) is 26.0 Å². The Morgan fingerprint density at radius 3 is 2.16 bits per heavy atom. The van der Waals surface area contributed by atoms with Crippen molar-refractivity contribution in [2.24, 2.45) is 5.11 Å². The number of hydrogen-bond donors (Lipinski definition) is 1. The molecular weight excluding hydrogens is 685 g/mol. The summed E-state index contributed by atoms with van der Waals surface area (Å²) in [4.78, 5) is 39.9. The van der Waals surface area contributed by atoms with E-state index >= 15 is 0 Å². The summed E-state index contributed by atoms with van der Waals surface area (Å²) < 4.78 is 84.9. The number of azide groups is 1. The molecule has 0 aromatic heterocycles. The minimum absolute atomic E-state index is 0.00480. The second-order valence-corrected chi connectivity index (χ2v) is 12.5. The Morgan fingerprint density at radius 1 is 0.960 bits per heavy atom. The highest BCUT2D eigenvalue weighted by molar-refractivity contribution is 7.86. The summed E-state index contributed by atoms with van der Waals surface area (Å²) in [5.41, 5.74) is 9.86. The standard InChI is InChI=1S/C33H35F3N4O9S/c1-4-46-32(43)30(17-23-7-11-25(12-8-23)33(34,35)36)38-31(42)18-29(39-40-37)24-9-13-26(14-10-24)47-19-27(49-22(3)41)20-48-50(44,45)28-15-5-21(2)6-16-28/h5-16,27,29-30H,4,17-20H2,1-3H3,(H,38,42)/t27-,29?,30-/m0/s1. The summed E-state index contributed by atoms with van der Waals surface area (Å²) >= 11 is 0. The number of hydrogen-bond acceptors (Lipinski definition) is 10. The Morgan fingerprint density at radius 2 is 1.60 bits per heavy atom. The zero-order chi connectivity index (χ0) is 36.9. The number of amides is 1. The number of ether oxygens (including phenoxy) is 3. The third-order valence-electron chi connectivity index (χ3n) is 6.95. The van der Waals surface area contributed by atoms with Gasteiger partial charge in [-0.3, -0.25) is 13.8 Å². The number of halogens is 3. The van der Waals surface area contributed by atoms with E-state index in [0.29, 0.717) is 11.1 Å². The van der Waals surface area contributed by atoms with Gasteiger partial charge in [0.25, 0.3) is 10.1 Å². The van der Waals surface area contributed by atoms with Crippen LogP contribution >= 0.6 is 0 Å². The van der Waals surface area contributed by atoms with Gasteiger partial charge in [0.05, 0.1) is 23.1 Å². The highest BCUT2D eigenvalue weighted by Crippen LogP contribution is 2.29. The molecule has 3 aromatic carbocycles. The molecule has 0 aliphatic heterocycles. The van der Waals surface area contributed by atoms with Crippen molar-refractivity contribution in [1.29, 1.82) is 0 Å². The van der Waals surface area contributed by atoms with Gasteiger partial charge in [-0.15, -0.1) is 0 Å². The average molecular weight is 721 g/mol. The molecule has 1 amide bonds. The lowest BCUT2D eigenvalue weighted by atomic mass is 10.0. The Labute approximate surface area is 286 Å². The Balaban J connectivity index is 1.64. The van der Waals surface area contributed by atoms with Gasteiger partial charge in [0.2, 0.25) is 5.91 Å². The zero-order valence-electron chi connectivity index (χ0n) is 27.3. The molecule has 268 valence electrons. The fourth-order valence-corrected chi connectivity index (χ4v) is 5.42. The van der Waals surface area contributed by atoms with E-state index in [4.69, 9.17) is 23.9 Å². The van der Waals surface area contributed by atoms with Gasteiger partial charge in [0.15, 0.2) is 6.10 Å². The molecule has 3 rings (SSSR count). The lowest BCUT2D eigenvalue weighted by Crippen LogP contribution is -2.43. The quantitative estimate of drug-likeness (QED) is 0.0596. The predicted molar refractivity (Wildman–Crippen MR) is 172 cm³/mol. The van der Waals surface area contributed by atoms with Crippen molar-refractivity contribution in [1.82, 2.24) is 5.32 Å². The first-order valence-corrected chi connectivity index (χ1v) is 16.5. The first-order chi connectivity index (χ1) is 23.6. The fraction of sp³-hybridized carbons (Fsp3) is 0.364. The number of alkyl halides is 3. The van der Waals surface area contributed by atoms with E-state index < -0.39 is 70.9 Å². The van der Waals surface area contributed by atoms with Crippen LogP contribution in [0.5, 0.6) is 5.75 Å². The van der Waals surface area contributed by atoms with E-state index in [-0.39, 0.29) is 30.3 Å². The van der Waals surface area contributed by atoms with Crippen LogP contribution in [-0.4, -0.2) is 58.2 Å². The SMILES string of the molecule is CCOC(=O)[C@H](Cc1ccc(C(F)(F)F)cc1)NC(=O)CC(N=[N+]=[N-])c1ccc(OC[C@@H](COS(=O)(=O)c2ccc(C)cc2)OC(C)=O)cc1. The van der Waals surface area contributed by atoms with Crippen molar-refractivity contribution < 1.29 is 54.4 Å². The van der Waals surface area contributed by atoms with E-state index in [1.807, 2.05) is 0 Å². The zero-order valence-corrected chi connectivity index (χ0v) is 28.1. The number of esters is 2. The number of nitrogens with one attached hydrogen (secondary N) is 1. The highest BCUT2D eigenvalue weighted by atomic mass is 32.2. The summed E-state index contributed by atoms with van der Waals surface area (Å²) in [5, 5.41) is 6.19. The number of nitrogens with zero attached hydrogens (tertiary/aromatic N) is 3. The van der Waals surface area contributed by atoms with Crippen LogP contribution in [0.15, 0.2) is 82.8 Å².